The number of benzene rings is 2. The summed E-state index contributed by atoms with van der Waals surface area (Å²) in [5.41, 5.74) is 3.47. The van der Waals surface area contributed by atoms with Crippen molar-refractivity contribution in [2.75, 3.05) is 26.1 Å². The molecule has 1 aromatic heterocycles. The van der Waals surface area contributed by atoms with E-state index in [2.05, 4.69) is 71.1 Å². The van der Waals surface area contributed by atoms with Gasteiger partial charge in [-0.1, -0.05) is 29.5 Å². The van der Waals surface area contributed by atoms with Crippen LogP contribution in [0.15, 0.2) is 42.5 Å². The summed E-state index contributed by atoms with van der Waals surface area (Å²) >= 11 is 1.80. The van der Waals surface area contributed by atoms with Crippen LogP contribution in [0.4, 0.5) is 5.69 Å². The smallest absolute Gasteiger partial charge is 0.262 e. The first-order valence-corrected chi connectivity index (χ1v) is 8.33. The van der Waals surface area contributed by atoms with Crippen LogP contribution in [-0.2, 0) is 7.05 Å². The number of para-hydroxylation sites is 1. The second kappa shape index (κ2) is 7.98. The summed E-state index contributed by atoms with van der Waals surface area (Å²) in [5, 5.41) is 1.22. The van der Waals surface area contributed by atoms with Crippen molar-refractivity contribution in [3.8, 4) is 5.75 Å². The molecule has 0 bridgehead atoms. The number of fused-ring (bicyclic) bond motifs is 1. The summed E-state index contributed by atoms with van der Waals surface area (Å²) in [7, 11) is 7.85. The Hall–Kier alpha value is -1.60. The fourth-order valence-corrected chi connectivity index (χ4v) is 3.65. The quantitative estimate of drug-likeness (QED) is 0.434. The first-order valence-electron chi connectivity index (χ1n) is 7.51. The second-order valence-corrected chi connectivity index (χ2v) is 6.69. The van der Waals surface area contributed by atoms with E-state index in [0.29, 0.717) is 0 Å². The Morgan fingerprint density at radius 2 is 1.83 bits per heavy atom. The number of thiazole rings is 1. The highest BCUT2D eigenvalue weighted by atomic mass is 127. The Balaban J connectivity index is 0.00000208. The third-order valence-corrected chi connectivity index (χ3v) is 5.06. The van der Waals surface area contributed by atoms with E-state index in [-0.39, 0.29) is 24.0 Å². The fourth-order valence-electron chi connectivity index (χ4n) is 2.60. The monoisotopic (exact) mass is 452 g/mol. The SMILES string of the molecule is COc1cc(/C=C/c2sc3ccccc3[n+]2C)ccc1N(C)C.[I-]. The minimum absolute atomic E-state index is 0. The molecule has 0 radical (unpaired) electrons. The number of aryl methyl sites for hydroxylation is 1. The number of aromatic nitrogens is 1. The van der Waals surface area contributed by atoms with Crippen LogP contribution in [0.2, 0.25) is 0 Å². The highest BCUT2D eigenvalue weighted by Crippen LogP contribution is 2.29. The molecule has 0 aliphatic heterocycles. The van der Waals surface area contributed by atoms with Gasteiger partial charge in [0.05, 0.1) is 12.8 Å². The lowest BCUT2D eigenvalue weighted by molar-refractivity contribution is -0.642. The zero-order chi connectivity index (χ0) is 16.4. The third kappa shape index (κ3) is 3.72. The Kier molecular flexibility index (Phi) is 6.23. The van der Waals surface area contributed by atoms with Crippen molar-refractivity contribution >= 4 is 39.4 Å². The second-order valence-electron chi connectivity index (χ2n) is 5.63. The van der Waals surface area contributed by atoms with E-state index < -0.39 is 0 Å². The van der Waals surface area contributed by atoms with E-state index in [1.54, 1.807) is 18.4 Å². The average molecular weight is 452 g/mol. The summed E-state index contributed by atoms with van der Waals surface area (Å²) in [6, 6.07) is 14.7. The maximum atomic E-state index is 5.49. The van der Waals surface area contributed by atoms with Crippen molar-refractivity contribution in [3.63, 3.8) is 0 Å². The standard InChI is InChI=1S/C19H21N2OS.HI/c1-20(2)15-11-9-14(13-17(15)22-4)10-12-19-21(3)16-7-5-6-8-18(16)23-19;/h5-13H,1-4H3;1H/q+1;/p-1. The Morgan fingerprint density at radius 3 is 2.50 bits per heavy atom. The summed E-state index contributed by atoms with van der Waals surface area (Å²) in [6.07, 6.45) is 4.29. The number of rotatable bonds is 4. The highest BCUT2D eigenvalue weighted by Gasteiger charge is 2.13. The number of ether oxygens (including phenoxy) is 1. The van der Waals surface area contributed by atoms with E-state index in [9.17, 15) is 0 Å². The van der Waals surface area contributed by atoms with Gasteiger partial charge in [0.2, 0.25) is 5.52 Å². The summed E-state index contributed by atoms with van der Waals surface area (Å²) in [4.78, 5) is 2.05. The van der Waals surface area contributed by atoms with Crippen molar-refractivity contribution < 1.29 is 33.3 Å². The number of methoxy groups -OCH3 is 1. The zero-order valence-electron chi connectivity index (χ0n) is 14.3. The maximum Gasteiger partial charge on any atom is 0.262 e. The predicted octanol–water partition coefficient (Wildman–Crippen LogP) is 0.975. The molecule has 0 unspecified atom stereocenters. The molecule has 1 heterocycles. The molecule has 2 aromatic carbocycles. The van der Waals surface area contributed by atoms with Gasteiger partial charge in [0.1, 0.15) is 17.5 Å². The molecule has 3 nitrogen and oxygen atoms in total. The van der Waals surface area contributed by atoms with Gasteiger partial charge in [-0.25, -0.2) is 0 Å². The largest absolute Gasteiger partial charge is 1.00 e. The van der Waals surface area contributed by atoms with E-state index in [4.69, 9.17) is 4.74 Å². The van der Waals surface area contributed by atoms with Crippen LogP contribution >= 0.6 is 11.3 Å². The molecule has 0 saturated heterocycles. The van der Waals surface area contributed by atoms with E-state index in [1.165, 1.54) is 15.2 Å². The topological polar surface area (TPSA) is 16.4 Å². The van der Waals surface area contributed by atoms with Crippen molar-refractivity contribution in [2.24, 2.45) is 7.05 Å². The lowest BCUT2D eigenvalue weighted by Gasteiger charge is -2.16. The number of hydrogen-bond acceptors (Lipinski definition) is 3. The molecule has 0 N–H and O–H groups in total. The van der Waals surface area contributed by atoms with Crippen LogP contribution in [0, 0.1) is 0 Å². The molecular weight excluding hydrogens is 431 g/mol. The van der Waals surface area contributed by atoms with E-state index in [1.807, 2.05) is 14.1 Å². The molecule has 0 aliphatic carbocycles. The van der Waals surface area contributed by atoms with Crippen LogP contribution < -0.4 is 38.2 Å². The summed E-state index contributed by atoms with van der Waals surface area (Å²) < 4.78 is 9.02. The van der Waals surface area contributed by atoms with Crippen LogP contribution in [0.3, 0.4) is 0 Å². The third-order valence-electron chi connectivity index (χ3n) is 3.88. The lowest BCUT2D eigenvalue weighted by atomic mass is 10.1. The number of anilines is 1. The molecular formula is C19H21IN2OS. The molecule has 0 atom stereocenters. The Bertz CT molecular complexity index is 871. The molecule has 126 valence electrons. The molecule has 0 fully saturated rings. The zero-order valence-corrected chi connectivity index (χ0v) is 17.3. The maximum absolute atomic E-state index is 5.49. The van der Waals surface area contributed by atoms with Crippen LogP contribution in [0.25, 0.3) is 22.4 Å². The van der Waals surface area contributed by atoms with Crippen molar-refractivity contribution in [2.45, 2.75) is 0 Å². The van der Waals surface area contributed by atoms with Crippen molar-refractivity contribution in [3.05, 3.63) is 53.0 Å². The number of halogens is 1. The first-order chi connectivity index (χ1) is 11.1. The number of hydrogen-bond donors (Lipinski definition) is 0. The number of nitrogens with zero attached hydrogens (tertiary/aromatic N) is 2. The van der Waals surface area contributed by atoms with Gasteiger partial charge in [0.15, 0.2) is 0 Å². The highest BCUT2D eigenvalue weighted by molar-refractivity contribution is 7.18. The first kappa shape index (κ1) is 18.7. The molecule has 0 spiro atoms. The van der Waals surface area contributed by atoms with Gasteiger partial charge in [-0.15, -0.1) is 0 Å². The molecule has 0 saturated carbocycles. The van der Waals surface area contributed by atoms with Crippen LogP contribution in [0.1, 0.15) is 10.6 Å². The Labute approximate surface area is 164 Å². The van der Waals surface area contributed by atoms with Gasteiger partial charge in [-0.2, -0.15) is 4.57 Å². The molecule has 3 aromatic rings. The molecule has 24 heavy (non-hydrogen) atoms. The van der Waals surface area contributed by atoms with E-state index >= 15 is 0 Å². The molecule has 0 aliphatic rings. The normalized spacial score (nSPS) is 10.8. The summed E-state index contributed by atoms with van der Waals surface area (Å²) in [5.74, 6) is 0.887. The van der Waals surface area contributed by atoms with Gasteiger partial charge in [0, 0.05) is 26.2 Å². The molecule has 3 rings (SSSR count). The van der Waals surface area contributed by atoms with Gasteiger partial charge in [0.25, 0.3) is 5.01 Å². The summed E-state index contributed by atoms with van der Waals surface area (Å²) in [6.45, 7) is 0. The molecule has 5 heteroatoms. The van der Waals surface area contributed by atoms with Gasteiger partial charge >= 0.3 is 0 Å². The predicted molar refractivity (Wildman–Crippen MR) is 99.3 cm³/mol. The van der Waals surface area contributed by atoms with E-state index in [0.717, 1.165) is 17.0 Å². The van der Waals surface area contributed by atoms with Crippen molar-refractivity contribution in [1.82, 2.24) is 0 Å². The minimum Gasteiger partial charge on any atom is -1.00 e. The lowest BCUT2D eigenvalue weighted by Crippen LogP contribution is -3.00. The van der Waals surface area contributed by atoms with Crippen LogP contribution in [-0.4, -0.2) is 21.2 Å². The van der Waals surface area contributed by atoms with Crippen molar-refractivity contribution in [1.29, 1.82) is 0 Å². The fraction of sp³-hybridized carbons (Fsp3) is 0.211. The van der Waals surface area contributed by atoms with Gasteiger partial charge < -0.3 is 33.6 Å². The average Bonchev–Trinajstić information content (AvgIpc) is 2.89. The minimum atomic E-state index is 0. The Morgan fingerprint density at radius 1 is 1.08 bits per heavy atom. The molecule has 0 amide bonds. The van der Waals surface area contributed by atoms with Crippen LogP contribution in [0.5, 0.6) is 5.75 Å². The van der Waals surface area contributed by atoms with Gasteiger partial charge in [-0.05, 0) is 29.8 Å². The van der Waals surface area contributed by atoms with Gasteiger partial charge in [-0.3, -0.25) is 0 Å².